The fraction of sp³-hybridized carbons (Fsp3) is 0.513. The van der Waals surface area contributed by atoms with Crippen LogP contribution < -0.4 is 15.1 Å². The summed E-state index contributed by atoms with van der Waals surface area (Å²) in [6.45, 7) is 15.0. The maximum absolute atomic E-state index is 14.1. The maximum atomic E-state index is 14.1. The second kappa shape index (κ2) is 16.8. The van der Waals surface area contributed by atoms with Crippen molar-refractivity contribution in [2.24, 2.45) is 11.0 Å². The summed E-state index contributed by atoms with van der Waals surface area (Å²) in [5, 5.41) is 4.97. The highest BCUT2D eigenvalue weighted by Crippen LogP contribution is 2.49. The van der Waals surface area contributed by atoms with Crippen molar-refractivity contribution >= 4 is 36.1 Å². The Morgan fingerprint density at radius 3 is 2.04 bits per heavy atom. The third-order valence-corrected chi connectivity index (χ3v) is 16.5. The van der Waals surface area contributed by atoms with Crippen molar-refractivity contribution in [2.45, 2.75) is 108 Å². The number of carbonyl (C=O) groups is 1. The number of rotatable bonds is 17. The first kappa shape index (κ1) is 39.5. The molecule has 270 valence electrons. The Morgan fingerprint density at radius 2 is 1.54 bits per heavy atom. The number of cyclic esters (lactones) is 1. The number of ether oxygens (including phenoxy) is 1. The summed E-state index contributed by atoms with van der Waals surface area (Å²) >= 11 is -1.44. The van der Waals surface area contributed by atoms with E-state index in [0.29, 0.717) is 45.2 Å². The molecule has 5 atom stereocenters. The largest absolute Gasteiger partial charge is 0.598 e. The summed E-state index contributed by atoms with van der Waals surface area (Å²) in [5.74, 6) is -0.158. The minimum absolute atomic E-state index is 0.158. The van der Waals surface area contributed by atoms with Crippen LogP contribution in [0.3, 0.4) is 0 Å². The molecule has 0 spiro atoms. The molecular weight excluding hydrogens is 663 g/mol. The number of carbonyl (C=O) groups excluding carboxylic acids is 1. The fourth-order valence-electron chi connectivity index (χ4n) is 7.63. The van der Waals surface area contributed by atoms with E-state index in [0.717, 1.165) is 15.9 Å². The van der Waals surface area contributed by atoms with E-state index in [2.05, 4.69) is 47.7 Å². The van der Waals surface area contributed by atoms with Gasteiger partial charge in [-0.3, -0.25) is 4.90 Å². The van der Waals surface area contributed by atoms with Gasteiger partial charge in [0.15, 0.2) is 0 Å². The third-order valence-electron chi connectivity index (χ3n) is 10.4. The first-order valence-corrected chi connectivity index (χ1v) is 20.8. The summed E-state index contributed by atoms with van der Waals surface area (Å²) in [4.78, 5) is 31.8. The lowest BCUT2D eigenvalue weighted by atomic mass is 9.73. The Bertz CT molecular complexity index is 1530. The van der Waals surface area contributed by atoms with E-state index in [9.17, 15) is 14.1 Å². The summed E-state index contributed by atoms with van der Waals surface area (Å²) in [5.41, 5.74) is 8.86. The number of hydrogen-bond donors (Lipinski definition) is 2. The molecule has 3 aromatic carbocycles. The van der Waals surface area contributed by atoms with Crippen molar-refractivity contribution in [3.05, 3.63) is 107 Å². The Labute approximate surface area is 302 Å². The molecule has 0 saturated carbocycles. The van der Waals surface area contributed by atoms with Gasteiger partial charge in [0, 0.05) is 35.3 Å². The van der Waals surface area contributed by atoms with Gasteiger partial charge in [-0.1, -0.05) is 117 Å². The second-order valence-corrected chi connectivity index (χ2v) is 21.2. The molecule has 11 heteroatoms. The van der Waals surface area contributed by atoms with E-state index in [1.807, 2.05) is 111 Å². The predicted octanol–water partition coefficient (Wildman–Crippen LogP) is 7.27. The third kappa shape index (κ3) is 8.76. The van der Waals surface area contributed by atoms with Crippen LogP contribution in [0.25, 0.3) is 10.4 Å². The van der Waals surface area contributed by atoms with Gasteiger partial charge in [-0.25, -0.2) is 4.79 Å². The summed E-state index contributed by atoms with van der Waals surface area (Å²) in [6, 6.07) is 29.2. The van der Waals surface area contributed by atoms with Crippen molar-refractivity contribution in [1.82, 2.24) is 9.62 Å². The summed E-state index contributed by atoms with van der Waals surface area (Å²) < 4.78 is 23.3. The topological polar surface area (TPSA) is 134 Å². The fourth-order valence-corrected chi connectivity index (χ4v) is 12.3. The molecule has 1 aliphatic heterocycles. The Balaban J connectivity index is 1.82. The van der Waals surface area contributed by atoms with Gasteiger partial charge in [0.05, 0.1) is 12.1 Å². The number of unbranched alkanes of at least 4 members (excludes halogenated alkanes) is 1. The molecule has 1 aliphatic rings. The molecule has 0 aromatic heterocycles. The van der Waals surface area contributed by atoms with Gasteiger partial charge in [0.25, 0.3) is 8.32 Å². The van der Waals surface area contributed by atoms with Crippen LogP contribution in [0.1, 0.15) is 79.7 Å². The zero-order valence-electron chi connectivity index (χ0n) is 30.7. The minimum atomic E-state index is -3.38. The molecule has 1 heterocycles. The van der Waals surface area contributed by atoms with E-state index in [4.69, 9.17) is 10.3 Å². The van der Waals surface area contributed by atoms with Crippen molar-refractivity contribution < 1.29 is 18.9 Å². The van der Waals surface area contributed by atoms with Crippen molar-refractivity contribution in [3.8, 4) is 0 Å². The van der Waals surface area contributed by atoms with Gasteiger partial charge < -0.3 is 14.1 Å². The van der Waals surface area contributed by atoms with Crippen LogP contribution in [-0.4, -0.2) is 64.2 Å². The smallest absolute Gasteiger partial charge is 0.410 e. The van der Waals surface area contributed by atoms with Gasteiger partial charge in [-0.05, 0) is 86.3 Å². The molecule has 9 nitrogen and oxygen atoms in total. The zero-order chi connectivity index (χ0) is 36.6. The molecule has 0 bridgehead atoms. The molecule has 50 heavy (non-hydrogen) atoms. The van der Waals surface area contributed by atoms with E-state index in [1.165, 1.54) is 0 Å². The number of hydrogen-bond acceptors (Lipinski definition) is 6. The molecule has 1 saturated heterocycles. The Hall–Kier alpha value is -3.31. The minimum Gasteiger partial charge on any atom is -0.598 e. The van der Waals surface area contributed by atoms with Crippen LogP contribution in [0.4, 0.5) is 4.79 Å². The average Bonchev–Trinajstić information content (AvgIpc) is 3.36. The lowest BCUT2D eigenvalue weighted by molar-refractivity contribution is -0.0198. The molecule has 4 rings (SSSR count). The SMILES string of the molecule is CC[C@@H](CC(C)(C)[Si](O)(c1ccccc1)c1ccccc1)[C@@]1(C)OC(=O)N(CCCCN=[N+]=[N-])[C@@H]1[C@@H](Cc1ccccc1)N[S+]([O-])C(C)(C)C. The highest BCUT2D eigenvalue weighted by molar-refractivity contribution is 7.90. The number of benzene rings is 3. The number of nitrogens with zero attached hydrogens (tertiary/aromatic N) is 4. The Morgan fingerprint density at radius 1 is 1.00 bits per heavy atom. The molecule has 0 aliphatic carbocycles. The normalized spacial score (nSPS) is 20.1. The number of amides is 1. The van der Waals surface area contributed by atoms with E-state index in [1.54, 1.807) is 0 Å². The monoisotopic (exact) mass is 717 g/mol. The van der Waals surface area contributed by atoms with Crippen LogP contribution in [0.5, 0.6) is 0 Å². The average molecular weight is 718 g/mol. The van der Waals surface area contributed by atoms with Gasteiger partial charge in [0.2, 0.25) is 0 Å². The standard InChI is InChI=1S/C39H55N5O4SSi/c1-8-31(29-38(5,6)50(47,32-22-14-10-15-23-32)33-24-16-11-17-25-33)39(7)35(44(36(45)48-39)27-19-18-26-41-43-40)34(42-49(46)37(2,3)4)28-30-20-12-9-13-21-30/h9-17,20-25,31,34-35,42,47H,8,18-19,26-29H2,1-7H3/t31-,34+,35+,39+,49?/m0/s1. The lowest BCUT2D eigenvalue weighted by Gasteiger charge is -2.48. The van der Waals surface area contributed by atoms with E-state index < -0.39 is 53.2 Å². The Kier molecular flexibility index (Phi) is 13.3. The van der Waals surface area contributed by atoms with Crippen LogP contribution in [0.2, 0.25) is 5.04 Å². The van der Waals surface area contributed by atoms with Crippen molar-refractivity contribution in [1.29, 1.82) is 0 Å². The van der Waals surface area contributed by atoms with E-state index >= 15 is 0 Å². The zero-order valence-corrected chi connectivity index (χ0v) is 32.5. The molecule has 1 fully saturated rings. The van der Waals surface area contributed by atoms with Crippen molar-refractivity contribution in [3.63, 3.8) is 0 Å². The van der Waals surface area contributed by atoms with Crippen LogP contribution in [-0.2, 0) is 22.5 Å². The first-order valence-electron chi connectivity index (χ1n) is 17.7. The van der Waals surface area contributed by atoms with Crippen molar-refractivity contribution in [2.75, 3.05) is 13.1 Å². The molecule has 1 amide bonds. The molecule has 1 unspecified atom stereocenters. The van der Waals surface area contributed by atoms with Gasteiger partial charge in [-0.2, -0.15) is 0 Å². The molecule has 3 aromatic rings. The highest BCUT2D eigenvalue weighted by atomic mass is 32.2. The lowest BCUT2D eigenvalue weighted by Crippen LogP contribution is -2.67. The molecule has 0 radical (unpaired) electrons. The summed E-state index contributed by atoms with van der Waals surface area (Å²) in [7, 11) is -3.38. The highest BCUT2D eigenvalue weighted by Gasteiger charge is 2.60. The predicted molar refractivity (Wildman–Crippen MR) is 206 cm³/mol. The van der Waals surface area contributed by atoms with Crippen LogP contribution >= 0.6 is 0 Å². The van der Waals surface area contributed by atoms with Gasteiger partial charge >= 0.3 is 6.09 Å². The molecular formula is C39H55N5O4SSi. The second-order valence-electron chi connectivity index (χ2n) is 15.3. The molecule has 2 N–H and O–H groups in total. The van der Waals surface area contributed by atoms with Gasteiger partial charge in [-0.15, -0.1) is 4.72 Å². The van der Waals surface area contributed by atoms with E-state index in [-0.39, 0.29) is 5.92 Å². The van der Waals surface area contributed by atoms with Gasteiger partial charge in [0.1, 0.15) is 10.3 Å². The van der Waals surface area contributed by atoms with Crippen LogP contribution in [0, 0.1) is 5.92 Å². The van der Waals surface area contributed by atoms with Crippen LogP contribution in [0.15, 0.2) is 96.1 Å². The number of nitrogens with one attached hydrogen (secondary N) is 1. The quantitative estimate of drug-likeness (QED) is 0.0379. The first-order chi connectivity index (χ1) is 23.7. The number of azide groups is 1. The summed E-state index contributed by atoms with van der Waals surface area (Å²) in [6.07, 6.45) is 2.65. The maximum Gasteiger partial charge on any atom is 0.410 e.